The van der Waals surface area contributed by atoms with Crippen molar-refractivity contribution in [1.29, 1.82) is 0 Å². The number of hydrogen-bond donors (Lipinski definition) is 3. The van der Waals surface area contributed by atoms with Crippen molar-refractivity contribution in [3.63, 3.8) is 0 Å². The Bertz CT molecular complexity index is 3980. The normalized spacial score (nSPS) is 21.5. The second-order valence-corrected chi connectivity index (χ2v) is 32.4. The summed E-state index contributed by atoms with van der Waals surface area (Å²) in [7, 11) is -11.3. The maximum atomic E-state index is 14.0. The third-order valence-electron chi connectivity index (χ3n) is 19.0. The first-order valence-corrected chi connectivity index (χ1v) is 36.6. The lowest BCUT2D eigenvalue weighted by Gasteiger charge is -2.41. The highest BCUT2D eigenvalue weighted by atomic mass is 32.2. The number of hydrogen-bond acceptors (Lipinski definition) is 14. The molecule has 4 aromatic carbocycles. The Balaban J connectivity index is 0.000000188. The molecule has 5 fully saturated rings. The zero-order valence-corrected chi connectivity index (χ0v) is 55.4. The molecular weight excluding hydrogens is 1360 g/mol. The van der Waals surface area contributed by atoms with Crippen LogP contribution in [0.4, 0.5) is 52.7 Å². The lowest BCUT2D eigenvalue weighted by atomic mass is 9.82. The Kier molecular flexibility index (Phi) is 24.8. The number of sulfone groups is 3. The van der Waals surface area contributed by atoms with Crippen molar-refractivity contribution in [2.24, 2.45) is 35.0 Å². The molecule has 0 radical (unpaired) electrons. The van der Waals surface area contributed by atoms with E-state index in [4.69, 9.17) is 17.2 Å². The summed E-state index contributed by atoms with van der Waals surface area (Å²) < 4.78 is 234. The van der Waals surface area contributed by atoms with E-state index in [0.717, 1.165) is 31.0 Å². The smallest absolute Gasteiger partial charge is 0.342 e. The maximum absolute atomic E-state index is 14.0. The second kappa shape index (κ2) is 31.6. The number of nitrogens with two attached hydrogens (primary N) is 3. The molecule has 1 aromatic heterocycles. The summed E-state index contributed by atoms with van der Waals surface area (Å²) in [6.45, 7) is 3.80. The Hall–Kier alpha value is -6.74. The van der Waals surface area contributed by atoms with Gasteiger partial charge in [-0.3, -0.25) is 14.4 Å². The minimum atomic E-state index is -4.84. The predicted octanol–water partition coefficient (Wildman–Crippen LogP) is 9.06. The Labute approximate surface area is 554 Å². The van der Waals surface area contributed by atoms with Crippen molar-refractivity contribution in [2.75, 3.05) is 30.3 Å². The van der Waals surface area contributed by atoms with E-state index in [-0.39, 0.29) is 101 Å². The summed E-state index contributed by atoms with van der Waals surface area (Å²) >= 11 is 0. The molecule has 17 nitrogen and oxygen atoms in total. The molecule has 5 aliphatic rings. The third-order valence-corrected chi connectivity index (χ3v) is 24.3. The van der Waals surface area contributed by atoms with Gasteiger partial charge >= 0.3 is 6.18 Å². The number of fused-ring (bicyclic) bond motifs is 4. The lowest BCUT2D eigenvalue weighted by molar-refractivity contribution is -0.141. The van der Waals surface area contributed by atoms with Crippen molar-refractivity contribution >= 4 is 47.2 Å². The number of carbonyl (C=O) groups is 3. The molecule has 5 saturated heterocycles. The van der Waals surface area contributed by atoms with Gasteiger partial charge in [-0.2, -0.15) is 13.2 Å². The average Bonchev–Trinajstić information content (AvgIpc) is 1.63. The van der Waals surface area contributed by atoms with Crippen molar-refractivity contribution in [1.82, 2.24) is 24.7 Å². The molecule has 532 valence electrons. The number of amides is 3. The van der Waals surface area contributed by atoms with Crippen LogP contribution in [0.15, 0.2) is 89.0 Å². The summed E-state index contributed by atoms with van der Waals surface area (Å²) in [5, 5.41) is -1.61. The fourth-order valence-electron chi connectivity index (χ4n) is 13.6. The highest BCUT2D eigenvalue weighted by Gasteiger charge is 2.47. The first-order chi connectivity index (χ1) is 45.4. The molecule has 0 saturated carbocycles. The molecule has 6 N–H and O–H groups in total. The molecule has 2 unspecified atom stereocenters. The van der Waals surface area contributed by atoms with Crippen molar-refractivity contribution in [3.8, 4) is 0 Å². The van der Waals surface area contributed by atoms with Crippen LogP contribution in [-0.4, -0.2) is 146 Å². The SMILES string of the molecule is CC(C)S(=O)(=O)CC(=O)N1CCC([C@H](N)Cc2cc(F)c(F)cc2F)CC1.N[C@H](Cc1cc(F)c(F)cc1F)C1C[C@H]2CC[C@@H](C1)N2C(=O)CCS(=O)(=O)c1ccccc1.N[C@H](Cc1cc(F)c(F)cc1F)C1C[C@H]2CC[C@@H](C1)N2C(=O)CCS(=O)(=O)c1nccc(C(F)(F)F)n1. The van der Waals surface area contributed by atoms with E-state index >= 15 is 0 Å². The molecule has 3 amide bonds. The quantitative estimate of drug-likeness (QED) is 0.0373. The van der Waals surface area contributed by atoms with Crippen LogP contribution in [0.1, 0.15) is 113 Å². The van der Waals surface area contributed by atoms with E-state index in [0.29, 0.717) is 94.9 Å². The monoisotopic (exact) mass is 1440 g/mol. The zero-order chi connectivity index (χ0) is 71.2. The molecule has 0 spiro atoms. The number of alkyl halides is 3. The van der Waals surface area contributed by atoms with Crippen molar-refractivity contribution in [2.45, 2.75) is 174 Å². The summed E-state index contributed by atoms with van der Waals surface area (Å²) in [4.78, 5) is 49.7. The third kappa shape index (κ3) is 19.2. The summed E-state index contributed by atoms with van der Waals surface area (Å²) in [6.07, 6.45) is 1.65. The Morgan fingerprint density at radius 2 is 0.876 bits per heavy atom. The Morgan fingerprint density at radius 3 is 1.26 bits per heavy atom. The Morgan fingerprint density at radius 1 is 0.505 bits per heavy atom. The highest BCUT2D eigenvalue weighted by Crippen LogP contribution is 2.43. The molecule has 4 bridgehead atoms. The molecule has 10 rings (SSSR count). The van der Waals surface area contributed by atoms with Gasteiger partial charge in [-0.05, 0) is 168 Å². The number of halogens is 12. The summed E-state index contributed by atoms with van der Waals surface area (Å²) in [5.74, 6) is -12.4. The van der Waals surface area contributed by atoms with Gasteiger partial charge in [0.1, 0.15) is 28.9 Å². The minimum absolute atomic E-state index is 0.00659. The van der Waals surface area contributed by atoms with E-state index < -0.39 is 152 Å². The molecular formula is C65H76F12N8O9S3. The van der Waals surface area contributed by atoms with Gasteiger partial charge in [0.2, 0.25) is 32.7 Å². The minimum Gasteiger partial charge on any atom is -0.342 e. The van der Waals surface area contributed by atoms with Crippen molar-refractivity contribution in [3.05, 3.63) is 154 Å². The van der Waals surface area contributed by atoms with Crippen LogP contribution in [0.25, 0.3) is 0 Å². The summed E-state index contributed by atoms with van der Waals surface area (Å²) in [6, 6.07) is 10.6. The van der Waals surface area contributed by atoms with E-state index in [9.17, 15) is 92.3 Å². The van der Waals surface area contributed by atoms with Gasteiger partial charge in [0.15, 0.2) is 54.6 Å². The van der Waals surface area contributed by atoms with Crippen LogP contribution >= 0.6 is 0 Å². The number of benzene rings is 4. The van der Waals surface area contributed by atoms with Gasteiger partial charge in [-0.25, -0.2) is 74.7 Å². The number of likely N-dealkylation sites (tertiary alicyclic amines) is 1. The van der Waals surface area contributed by atoms with Crippen LogP contribution in [0, 0.1) is 70.1 Å². The predicted molar refractivity (Wildman–Crippen MR) is 332 cm³/mol. The van der Waals surface area contributed by atoms with Gasteiger partial charge in [-0.15, -0.1) is 0 Å². The molecule has 6 heterocycles. The lowest BCUT2D eigenvalue weighted by Crippen LogP contribution is -2.50. The molecule has 9 atom stereocenters. The van der Waals surface area contributed by atoms with E-state index in [1.54, 1.807) is 23.1 Å². The number of carbonyl (C=O) groups excluding carboxylic acids is 3. The van der Waals surface area contributed by atoms with Gasteiger partial charge in [0, 0.05) is 92.6 Å². The fraction of sp³-hybridized carbons (Fsp3) is 0.523. The van der Waals surface area contributed by atoms with Gasteiger partial charge < -0.3 is 31.9 Å². The first-order valence-electron chi connectivity index (χ1n) is 31.6. The fourth-order valence-corrected chi connectivity index (χ4v) is 16.8. The number of rotatable bonds is 20. The number of aromatic nitrogens is 2. The average molecular weight is 1440 g/mol. The zero-order valence-electron chi connectivity index (χ0n) is 52.9. The van der Waals surface area contributed by atoms with E-state index in [1.807, 2.05) is 4.90 Å². The molecule has 5 aliphatic heterocycles. The van der Waals surface area contributed by atoms with Gasteiger partial charge in [-0.1, -0.05) is 18.2 Å². The van der Waals surface area contributed by atoms with Gasteiger partial charge in [0.25, 0.3) is 0 Å². The second-order valence-electron chi connectivity index (χ2n) is 25.8. The van der Waals surface area contributed by atoms with Crippen LogP contribution in [0.2, 0.25) is 0 Å². The van der Waals surface area contributed by atoms with Crippen molar-refractivity contribution < 1.29 is 92.3 Å². The highest BCUT2D eigenvalue weighted by molar-refractivity contribution is 7.92. The van der Waals surface area contributed by atoms with Crippen LogP contribution in [-0.2, 0) is 69.3 Å². The van der Waals surface area contributed by atoms with E-state index in [2.05, 4.69) is 9.97 Å². The maximum Gasteiger partial charge on any atom is 0.433 e. The van der Waals surface area contributed by atoms with Crippen LogP contribution in [0.3, 0.4) is 0 Å². The van der Waals surface area contributed by atoms with E-state index in [1.165, 1.54) is 30.9 Å². The standard InChI is InChI=1S/C24H27F3N2O3S.C23H24F6N4O3S.C18H25F3N2O3S/c25-20-14-22(27)21(26)12-15(20)13-23(28)16-10-17-6-7-18(11-16)29(17)24(30)8-9-33(31,32)19-4-2-1-3-5-19;24-16-11-18(26)17(25)9-12(16)10-19(30)13-7-14-1-2-15(8-13)33(14)21(34)4-6-37(35,36)22-31-5-3-20(32-22)23(27,28)29;1-11(2)27(25,26)10-18(24)23-5-3-12(4-6-23)17(22)8-13-7-15(20)16(21)9-14(13)19/h1-5,12,14,16-18,23H,6-11,13,28H2;3,5,9,11,13-15,19H,1-2,4,6-8,10,30H2;7,9,11-12,17H,3-6,8,10,22H2,1-2H3/t16?,17-,18+,23-;13?,14-,15+,19-;17-/m111/s1. The molecule has 0 aliphatic carbocycles. The first kappa shape index (κ1) is 76.0. The van der Waals surface area contributed by atoms with Gasteiger partial charge in [0.05, 0.1) is 21.7 Å². The van der Waals surface area contributed by atoms with Crippen LogP contribution in [0.5, 0.6) is 0 Å². The van der Waals surface area contributed by atoms with Crippen LogP contribution < -0.4 is 17.2 Å². The molecule has 97 heavy (non-hydrogen) atoms. The number of piperidine rings is 3. The number of nitrogens with zero attached hydrogens (tertiary/aromatic N) is 5. The summed E-state index contributed by atoms with van der Waals surface area (Å²) in [5.41, 5.74) is 17.3. The largest absolute Gasteiger partial charge is 0.433 e. The molecule has 5 aromatic rings. The molecule has 32 heteroatoms. The topological polar surface area (TPSA) is 267 Å².